The number of halogens is 1. The Hall–Kier alpha value is -4.02. The zero-order chi connectivity index (χ0) is 26.0. The molecule has 0 spiro atoms. The average Bonchev–Trinajstić information content (AvgIpc) is 2.89. The lowest BCUT2D eigenvalue weighted by molar-refractivity contribution is 0.297. The molecular weight excluding hydrogens is 484 g/mol. The van der Waals surface area contributed by atoms with Crippen molar-refractivity contribution in [1.82, 2.24) is 0 Å². The maximum absolute atomic E-state index is 13.6. The van der Waals surface area contributed by atoms with Gasteiger partial charge in [-0.25, -0.2) is 0 Å². The Balaban J connectivity index is 1.50. The summed E-state index contributed by atoms with van der Waals surface area (Å²) < 4.78 is 18.3. The van der Waals surface area contributed by atoms with Crippen LogP contribution in [0.1, 0.15) is 31.9 Å². The van der Waals surface area contributed by atoms with Crippen LogP contribution in [0.3, 0.4) is 0 Å². The summed E-state index contributed by atoms with van der Waals surface area (Å²) in [6, 6.07) is 30.2. The molecule has 0 unspecified atom stereocenters. The van der Waals surface area contributed by atoms with Gasteiger partial charge in [0.05, 0.1) is 5.39 Å². The zero-order valence-corrected chi connectivity index (χ0v) is 21.7. The van der Waals surface area contributed by atoms with Gasteiger partial charge >= 0.3 is 0 Å². The van der Waals surface area contributed by atoms with Crippen molar-refractivity contribution in [2.75, 3.05) is 0 Å². The van der Waals surface area contributed by atoms with E-state index in [2.05, 4.69) is 32.9 Å². The van der Waals surface area contributed by atoms with Crippen LogP contribution in [0.25, 0.3) is 22.3 Å². The van der Waals surface area contributed by atoms with E-state index in [1.54, 1.807) is 18.2 Å². The standard InChI is InChI=1S/C32H27ClO4/c1-32(2,3)23-14-12-22(13-15-23)30-31(29(34)27-19-24(33)16-17-28(27)37-30)35-20-21-8-7-11-26(18-21)36-25-9-5-4-6-10-25/h4-19H,20H2,1-3H3. The maximum atomic E-state index is 13.6. The van der Waals surface area contributed by atoms with Crippen molar-refractivity contribution >= 4 is 22.6 Å². The highest BCUT2D eigenvalue weighted by atomic mass is 35.5. The highest BCUT2D eigenvalue weighted by Gasteiger charge is 2.20. The largest absolute Gasteiger partial charge is 0.481 e. The smallest absolute Gasteiger partial charge is 0.235 e. The minimum absolute atomic E-state index is 0.00562. The van der Waals surface area contributed by atoms with E-state index in [9.17, 15) is 4.79 Å². The first kappa shape index (κ1) is 24.7. The second-order valence-electron chi connectivity index (χ2n) is 9.91. The Morgan fingerprint density at radius 2 is 1.54 bits per heavy atom. The van der Waals surface area contributed by atoms with E-state index in [-0.39, 0.29) is 23.2 Å². The van der Waals surface area contributed by atoms with Crippen LogP contribution >= 0.6 is 11.6 Å². The van der Waals surface area contributed by atoms with E-state index in [0.29, 0.717) is 27.5 Å². The Morgan fingerprint density at radius 3 is 2.27 bits per heavy atom. The predicted octanol–water partition coefficient (Wildman–Crippen LogP) is 8.78. The van der Waals surface area contributed by atoms with E-state index in [0.717, 1.165) is 16.9 Å². The van der Waals surface area contributed by atoms with Gasteiger partial charge in [0.1, 0.15) is 23.7 Å². The lowest BCUT2D eigenvalue weighted by atomic mass is 9.86. The van der Waals surface area contributed by atoms with Gasteiger partial charge in [-0.15, -0.1) is 0 Å². The normalized spacial score (nSPS) is 11.5. The van der Waals surface area contributed by atoms with Gasteiger partial charge in [-0.1, -0.05) is 87.0 Å². The molecule has 0 saturated carbocycles. The number of hydrogen-bond donors (Lipinski definition) is 0. The van der Waals surface area contributed by atoms with Crippen LogP contribution in [0.2, 0.25) is 5.02 Å². The number of fused-ring (bicyclic) bond motifs is 1. The van der Waals surface area contributed by atoms with Gasteiger partial charge < -0.3 is 13.9 Å². The van der Waals surface area contributed by atoms with Gasteiger partial charge in [0, 0.05) is 10.6 Å². The van der Waals surface area contributed by atoms with Crippen LogP contribution in [0.4, 0.5) is 0 Å². The first-order valence-electron chi connectivity index (χ1n) is 12.1. The Kier molecular flexibility index (Phi) is 6.77. The maximum Gasteiger partial charge on any atom is 0.235 e. The fraction of sp³-hybridized carbons (Fsp3) is 0.156. The van der Waals surface area contributed by atoms with Crippen molar-refractivity contribution in [3.05, 3.63) is 123 Å². The average molecular weight is 511 g/mol. The first-order valence-corrected chi connectivity index (χ1v) is 12.5. The second kappa shape index (κ2) is 10.2. The summed E-state index contributed by atoms with van der Waals surface area (Å²) in [7, 11) is 0. The molecule has 1 aromatic heterocycles. The summed E-state index contributed by atoms with van der Waals surface area (Å²) in [4.78, 5) is 13.6. The van der Waals surface area contributed by atoms with Crippen molar-refractivity contribution in [2.24, 2.45) is 0 Å². The molecular formula is C32H27ClO4. The predicted molar refractivity (Wildman–Crippen MR) is 149 cm³/mol. The molecule has 4 nitrogen and oxygen atoms in total. The van der Waals surface area contributed by atoms with Gasteiger partial charge in [-0.05, 0) is 59.0 Å². The third-order valence-electron chi connectivity index (χ3n) is 6.08. The van der Waals surface area contributed by atoms with Crippen molar-refractivity contribution in [3.8, 4) is 28.6 Å². The third kappa shape index (κ3) is 5.55. The minimum atomic E-state index is -0.268. The molecule has 0 aliphatic heterocycles. The number of hydrogen-bond acceptors (Lipinski definition) is 4. The highest BCUT2D eigenvalue weighted by Crippen LogP contribution is 2.34. The number of benzene rings is 4. The lowest BCUT2D eigenvalue weighted by Gasteiger charge is -2.19. The number of rotatable bonds is 6. The molecule has 0 radical (unpaired) electrons. The van der Waals surface area contributed by atoms with Crippen LogP contribution in [0, 0.1) is 0 Å². The minimum Gasteiger partial charge on any atom is -0.481 e. The first-order chi connectivity index (χ1) is 17.8. The topological polar surface area (TPSA) is 48.7 Å². The number of para-hydroxylation sites is 1. The van der Waals surface area contributed by atoms with Crippen LogP contribution in [0.5, 0.6) is 17.2 Å². The fourth-order valence-electron chi connectivity index (χ4n) is 4.07. The molecule has 5 aromatic rings. The molecule has 0 aliphatic rings. The third-order valence-corrected chi connectivity index (χ3v) is 6.32. The quantitative estimate of drug-likeness (QED) is 0.229. The molecule has 5 heteroatoms. The highest BCUT2D eigenvalue weighted by molar-refractivity contribution is 6.31. The van der Waals surface area contributed by atoms with Crippen LogP contribution in [-0.2, 0) is 12.0 Å². The van der Waals surface area contributed by atoms with Crippen LogP contribution in [0.15, 0.2) is 106 Å². The van der Waals surface area contributed by atoms with E-state index in [4.69, 9.17) is 25.5 Å². The summed E-state index contributed by atoms with van der Waals surface area (Å²) in [5.41, 5.74) is 2.99. The van der Waals surface area contributed by atoms with Crippen molar-refractivity contribution in [3.63, 3.8) is 0 Å². The molecule has 4 aromatic carbocycles. The summed E-state index contributed by atoms with van der Waals surface area (Å²) in [6.45, 7) is 6.64. The van der Waals surface area contributed by atoms with Crippen LogP contribution < -0.4 is 14.9 Å². The summed E-state index contributed by atoms with van der Waals surface area (Å²) in [5, 5.41) is 0.831. The summed E-state index contributed by atoms with van der Waals surface area (Å²) >= 11 is 6.18. The lowest BCUT2D eigenvalue weighted by Crippen LogP contribution is -2.11. The molecule has 0 atom stereocenters. The van der Waals surface area contributed by atoms with Gasteiger partial charge in [-0.3, -0.25) is 4.79 Å². The van der Waals surface area contributed by atoms with E-state index >= 15 is 0 Å². The number of ether oxygens (including phenoxy) is 2. The summed E-state index contributed by atoms with van der Waals surface area (Å²) in [6.07, 6.45) is 0. The molecule has 0 aliphatic carbocycles. The zero-order valence-electron chi connectivity index (χ0n) is 21.0. The monoisotopic (exact) mass is 510 g/mol. The Morgan fingerprint density at radius 1 is 0.811 bits per heavy atom. The van der Waals surface area contributed by atoms with Gasteiger partial charge in [-0.2, -0.15) is 0 Å². The van der Waals surface area contributed by atoms with E-state index in [1.165, 1.54) is 5.56 Å². The SMILES string of the molecule is CC(C)(C)c1ccc(-c2oc3ccc(Cl)cc3c(=O)c2OCc2cccc(Oc3ccccc3)c2)cc1. The van der Waals surface area contributed by atoms with E-state index in [1.807, 2.05) is 66.7 Å². The Labute approximate surface area is 221 Å². The Bertz CT molecular complexity index is 1600. The van der Waals surface area contributed by atoms with Gasteiger partial charge in [0.25, 0.3) is 0 Å². The molecule has 0 bridgehead atoms. The molecule has 37 heavy (non-hydrogen) atoms. The van der Waals surface area contributed by atoms with E-state index < -0.39 is 0 Å². The van der Waals surface area contributed by atoms with Crippen LogP contribution in [-0.4, -0.2) is 0 Å². The van der Waals surface area contributed by atoms with Crippen molar-refractivity contribution in [2.45, 2.75) is 32.8 Å². The fourth-order valence-corrected chi connectivity index (χ4v) is 4.24. The molecule has 0 N–H and O–H groups in total. The molecule has 1 heterocycles. The summed E-state index contributed by atoms with van der Waals surface area (Å²) in [5.74, 6) is 1.96. The second-order valence-corrected chi connectivity index (χ2v) is 10.3. The molecule has 0 amide bonds. The molecule has 5 rings (SSSR count). The molecule has 0 saturated heterocycles. The molecule has 0 fully saturated rings. The molecule has 186 valence electrons. The van der Waals surface area contributed by atoms with Crippen molar-refractivity contribution < 1.29 is 13.9 Å². The van der Waals surface area contributed by atoms with Crippen molar-refractivity contribution in [1.29, 1.82) is 0 Å². The van der Waals surface area contributed by atoms with Gasteiger partial charge in [0.15, 0.2) is 5.76 Å². The van der Waals surface area contributed by atoms with Gasteiger partial charge in [0.2, 0.25) is 11.2 Å².